The maximum absolute atomic E-state index is 12.3. The zero-order chi connectivity index (χ0) is 19.3. The monoisotopic (exact) mass is 358 g/mol. The van der Waals surface area contributed by atoms with Crippen LogP contribution in [-0.4, -0.2) is 52.0 Å². The fourth-order valence-electron chi connectivity index (χ4n) is 4.93. The summed E-state index contributed by atoms with van der Waals surface area (Å²) >= 11 is 0. The second kappa shape index (κ2) is 6.21. The number of benzene rings is 1. The highest BCUT2D eigenvalue weighted by atomic mass is 16.3. The van der Waals surface area contributed by atoms with E-state index >= 15 is 0 Å². The van der Waals surface area contributed by atoms with E-state index < -0.39 is 16.9 Å². The van der Waals surface area contributed by atoms with Gasteiger partial charge in [0.25, 0.3) is 5.91 Å². The van der Waals surface area contributed by atoms with Crippen LogP contribution in [0.3, 0.4) is 0 Å². The third-order valence-corrected chi connectivity index (χ3v) is 6.29. The van der Waals surface area contributed by atoms with E-state index in [2.05, 4.69) is 6.58 Å². The van der Waals surface area contributed by atoms with Crippen molar-refractivity contribution in [3.8, 4) is 5.75 Å². The zero-order valence-corrected chi connectivity index (χ0v) is 15.3. The van der Waals surface area contributed by atoms with E-state index in [-0.39, 0.29) is 29.6 Å². The average molecular weight is 358 g/mol. The third kappa shape index (κ3) is 2.47. The molecule has 3 atom stereocenters. The van der Waals surface area contributed by atoms with Crippen LogP contribution in [0.25, 0.3) is 0 Å². The molecule has 0 heterocycles. The molecule has 0 saturated heterocycles. The van der Waals surface area contributed by atoms with Crippen LogP contribution in [0, 0.1) is 0 Å². The van der Waals surface area contributed by atoms with Gasteiger partial charge in [-0.05, 0) is 31.5 Å². The van der Waals surface area contributed by atoms with Gasteiger partial charge in [0.1, 0.15) is 11.5 Å². The molecular formula is C20H26N2O4. The summed E-state index contributed by atoms with van der Waals surface area (Å²) in [6.45, 7) is 6.17. The molecule has 0 spiro atoms. The summed E-state index contributed by atoms with van der Waals surface area (Å²) in [5.74, 6) is -0.903. The molecule has 26 heavy (non-hydrogen) atoms. The van der Waals surface area contributed by atoms with Gasteiger partial charge < -0.3 is 15.9 Å². The molecule has 1 fully saturated rings. The molecule has 0 aliphatic heterocycles. The number of rotatable bonds is 4. The van der Waals surface area contributed by atoms with Gasteiger partial charge in [-0.2, -0.15) is 0 Å². The van der Waals surface area contributed by atoms with Crippen molar-refractivity contribution in [2.24, 2.45) is 5.73 Å². The van der Waals surface area contributed by atoms with Crippen LogP contribution in [0.4, 0.5) is 0 Å². The number of carbonyl (C=O) groups is 2. The van der Waals surface area contributed by atoms with Crippen LogP contribution in [0.15, 0.2) is 24.8 Å². The summed E-state index contributed by atoms with van der Waals surface area (Å²) in [5, 5.41) is 22.6. The lowest BCUT2D eigenvalue weighted by Gasteiger charge is -2.57. The molecule has 1 aromatic carbocycles. The maximum atomic E-state index is 12.3. The highest BCUT2D eigenvalue weighted by Crippen LogP contribution is 2.55. The quantitative estimate of drug-likeness (QED) is 0.703. The van der Waals surface area contributed by atoms with E-state index in [1.54, 1.807) is 19.1 Å². The predicted molar refractivity (Wildman–Crippen MR) is 98.1 cm³/mol. The lowest BCUT2D eigenvalue weighted by atomic mass is 9.52. The Labute approximate surface area is 153 Å². The lowest BCUT2D eigenvalue weighted by Crippen LogP contribution is -2.67. The molecule has 2 aliphatic carbocycles. The van der Waals surface area contributed by atoms with E-state index in [0.29, 0.717) is 31.4 Å². The highest BCUT2D eigenvalue weighted by Gasteiger charge is 2.60. The van der Waals surface area contributed by atoms with E-state index in [9.17, 15) is 19.8 Å². The molecule has 3 rings (SSSR count). The molecule has 1 saturated carbocycles. The van der Waals surface area contributed by atoms with Gasteiger partial charge in [0, 0.05) is 36.4 Å². The molecule has 2 aliphatic rings. The number of aliphatic hydroxyl groups is 1. The van der Waals surface area contributed by atoms with Crippen molar-refractivity contribution in [2.45, 2.75) is 49.7 Å². The predicted octanol–water partition coefficient (Wildman–Crippen LogP) is 1.28. The molecule has 6 heteroatoms. The molecule has 140 valence electrons. The number of nitrogens with two attached hydrogens (primary N) is 1. The Kier molecular flexibility index (Phi) is 4.45. The molecule has 0 aromatic heterocycles. The second-order valence-electron chi connectivity index (χ2n) is 7.78. The van der Waals surface area contributed by atoms with Crippen LogP contribution >= 0.6 is 0 Å². The first-order valence-electron chi connectivity index (χ1n) is 8.86. The van der Waals surface area contributed by atoms with Crippen molar-refractivity contribution in [2.75, 3.05) is 13.6 Å². The van der Waals surface area contributed by atoms with Crippen molar-refractivity contribution in [1.29, 1.82) is 0 Å². The number of Topliss-reactive ketones (excluding diaryl/α,β-unsaturated/α-hetero) is 1. The number of fused-ring (bicyclic) bond motifs is 3. The van der Waals surface area contributed by atoms with E-state index in [1.807, 2.05) is 11.9 Å². The summed E-state index contributed by atoms with van der Waals surface area (Å²) in [6, 6.07) is 3.05. The molecule has 6 nitrogen and oxygen atoms in total. The SMILES string of the molecule is C=CCN(C)[C@@H]1Cc2ccc(C(N)=O)c(O)c2C2(C)CC(=O)CC[C@@]12O. The van der Waals surface area contributed by atoms with Crippen molar-refractivity contribution >= 4 is 11.7 Å². The smallest absolute Gasteiger partial charge is 0.252 e. The first-order valence-corrected chi connectivity index (χ1v) is 8.86. The fourth-order valence-corrected chi connectivity index (χ4v) is 4.93. The van der Waals surface area contributed by atoms with E-state index in [1.165, 1.54) is 6.07 Å². The van der Waals surface area contributed by atoms with Crippen molar-refractivity contribution < 1.29 is 19.8 Å². The third-order valence-electron chi connectivity index (χ3n) is 6.29. The van der Waals surface area contributed by atoms with Gasteiger partial charge in [0.15, 0.2) is 0 Å². The van der Waals surface area contributed by atoms with Gasteiger partial charge in [-0.3, -0.25) is 14.5 Å². The molecule has 1 unspecified atom stereocenters. The topological polar surface area (TPSA) is 104 Å². The number of hydrogen-bond donors (Lipinski definition) is 3. The van der Waals surface area contributed by atoms with Crippen LogP contribution in [0.5, 0.6) is 5.75 Å². The fraction of sp³-hybridized carbons (Fsp3) is 0.500. The molecule has 1 amide bonds. The molecule has 1 aromatic rings. The van der Waals surface area contributed by atoms with Crippen LogP contribution in [0.1, 0.15) is 47.7 Å². The minimum Gasteiger partial charge on any atom is -0.507 e. The molecule has 4 N–H and O–H groups in total. The van der Waals surface area contributed by atoms with Crippen molar-refractivity contribution in [3.05, 3.63) is 41.5 Å². The molecular weight excluding hydrogens is 332 g/mol. The summed E-state index contributed by atoms with van der Waals surface area (Å²) < 4.78 is 0. The van der Waals surface area contributed by atoms with Crippen molar-refractivity contribution in [1.82, 2.24) is 4.90 Å². The normalized spacial score (nSPS) is 30.6. The van der Waals surface area contributed by atoms with Gasteiger partial charge in [-0.1, -0.05) is 19.1 Å². The van der Waals surface area contributed by atoms with Gasteiger partial charge in [0.2, 0.25) is 0 Å². The summed E-state index contributed by atoms with van der Waals surface area (Å²) in [5.41, 5.74) is 4.51. The minimum absolute atomic E-state index is 0.0169. The number of amides is 1. The number of hydrogen-bond acceptors (Lipinski definition) is 5. The Balaban J connectivity index is 2.25. The number of aromatic hydroxyl groups is 1. The Morgan fingerprint density at radius 2 is 2.19 bits per heavy atom. The summed E-state index contributed by atoms with van der Waals surface area (Å²) in [7, 11) is 1.92. The van der Waals surface area contributed by atoms with Crippen LogP contribution < -0.4 is 5.73 Å². The van der Waals surface area contributed by atoms with Gasteiger partial charge in [0.05, 0.1) is 11.2 Å². The Morgan fingerprint density at radius 3 is 2.81 bits per heavy atom. The lowest BCUT2D eigenvalue weighted by molar-refractivity contribution is -0.148. The number of phenols is 1. The zero-order valence-electron chi connectivity index (χ0n) is 15.3. The Hall–Kier alpha value is -2.18. The number of ketones is 1. The number of nitrogens with zero attached hydrogens (tertiary/aromatic N) is 1. The largest absolute Gasteiger partial charge is 0.507 e. The minimum atomic E-state index is -1.21. The maximum Gasteiger partial charge on any atom is 0.252 e. The molecule has 0 radical (unpaired) electrons. The second-order valence-corrected chi connectivity index (χ2v) is 7.78. The standard InChI is InChI=1S/C20H26N2O4/c1-4-9-22(3)15-10-12-5-6-14(18(21)25)17(24)16(12)19(2)11-13(23)7-8-20(15,19)26/h4-6,15,24,26H,1,7-11H2,2-3H3,(H2,21,25)/t15-,19?,20-/m1/s1. The Bertz CT molecular complexity index is 790. The van der Waals surface area contributed by atoms with Crippen molar-refractivity contribution in [3.63, 3.8) is 0 Å². The van der Waals surface area contributed by atoms with E-state index in [0.717, 1.165) is 5.56 Å². The van der Waals surface area contributed by atoms with Crippen LogP contribution in [-0.2, 0) is 16.6 Å². The summed E-state index contributed by atoms with van der Waals surface area (Å²) in [6.07, 6.45) is 3.01. The summed E-state index contributed by atoms with van der Waals surface area (Å²) in [4.78, 5) is 26.0. The first-order chi connectivity index (χ1) is 12.2. The highest BCUT2D eigenvalue weighted by molar-refractivity contribution is 5.96. The van der Waals surface area contributed by atoms with Gasteiger partial charge in [-0.25, -0.2) is 0 Å². The van der Waals surface area contributed by atoms with Gasteiger partial charge in [-0.15, -0.1) is 6.58 Å². The van der Waals surface area contributed by atoms with Gasteiger partial charge >= 0.3 is 0 Å². The van der Waals surface area contributed by atoms with E-state index in [4.69, 9.17) is 5.73 Å². The average Bonchev–Trinajstić information content (AvgIpc) is 2.55. The number of carbonyl (C=O) groups excluding carboxylic acids is 2. The van der Waals surface area contributed by atoms with Crippen LogP contribution in [0.2, 0.25) is 0 Å². The Morgan fingerprint density at radius 1 is 1.50 bits per heavy atom. The first kappa shape index (κ1) is 18.6. The molecule has 0 bridgehead atoms. The number of primary amides is 1. The number of likely N-dealkylation sites (N-methyl/N-ethyl adjacent to an activating group) is 1.